The van der Waals surface area contributed by atoms with Crippen molar-refractivity contribution in [3.63, 3.8) is 0 Å². The molecule has 3 heterocycles. The van der Waals surface area contributed by atoms with Crippen LogP contribution in [0.2, 0.25) is 0 Å². The van der Waals surface area contributed by atoms with E-state index in [2.05, 4.69) is 25.7 Å². The van der Waals surface area contributed by atoms with Gasteiger partial charge in [0.25, 0.3) is 0 Å². The Labute approximate surface area is 130 Å². The Kier molecular flexibility index (Phi) is 4.30. The van der Waals surface area contributed by atoms with Gasteiger partial charge in [-0.15, -0.1) is 0 Å². The van der Waals surface area contributed by atoms with E-state index in [1.165, 1.54) is 6.26 Å². The lowest BCUT2D eigenvalue weighted by atomic mass is 9.94. The summed E-state index contributed by atoms with van der Waals surface area (Å²) in [6.45, 7) is 2.45. The van der Waals surface area contributed by atoms with Gasteiger partial charge in [0.2, 0.25) is 10.0 Å². The molecule has 1 saturated heterocycles. The van der Waals surface area contributed by atoms with Crippen molar-refractivity contribution in [3.05, 3.63) is 24.9 Å². The number of hydrogen-bond donors (Lipinski definition) is 1. The largest absolute Gasteiger partial charge is 0.356 e. The van der Waals surface area contributed by atoms with Gasteiger partial charge in [0.05, 0.1) is 18.0 Å². The van der Waals surface area contributed by atoms with Crippen LogP contribution in [0.25, 0.3) is 5.52 Å². The first-order valence-corrected chi connectivity index (χ1v) is 9.38. The molecular formula is C14H21N5O2S. The van der Waals surface area contributed by atoms with E-state index in [0.717, 1.165) is 43.7 Å². The van der Waals surface area contributed by atoms with E-state index in [9.17, 15) is 8.42 Å². The third-order valence-electron chi connectivity index (χ3n) is 4.14. The molecule has 1 aliphatic heterocycles. The van der Waals surface area contributed by atoms with Crippen molar-refractivity contribution in [2.45, 2.75) is 19.3 Å². The van der Waals surface area contributed by atoms with Crippen molar-refractivity contribution >= 4 is 21.4 Å². The molecule has 22 heavy (non-hydrogen) atoms. The second kappa shape index (κ2) is 6.21. The minimum Gasteiger partial charge on any atom is -0.356 e. The van der Waals surface area contributed by atoms with Crippen LogP contribution < -0.4 is 9.62 Å². The molecule has 1 aliphatic rings. The summed E-state index contributed by atoms with van der Waals surface area (Å²) in [4.78, 5) is 10.9. The predicted octanol–water partition coefficient (Wildman–Crippen LogP) is 0.885. The predicted molar refractivity (Wildman–Crippen MR) is 85.4 cm³/mol. The van der Waals surface area contributed by atoms with Gasteiger partial charge in [-0.1, -0.05) is 0 Å². The van der Waals surface area contributed by atoms with Crippen molar-refractivity contribution in [2.24, 2.45) is 5.92 Å². The molecule has 1 N–H and O–H groups in total. The second-order valence-electron chi connectivity index (χ2n) is 5.86. The zero-order chi connectivity index (χ0) is 15.6. The van der Waals surface area contributed by atoms with Crippen LogP contribution in [0, 0.1) is 5.92 Å². The summed E-state index contributed by atoms with van der Waals surface area (Å²) < 4.78 is 26.6. The minimum atomic E-state index is -3.07. The van der Waals surface area contributed by atoms with Crippen LogP contribution in [0.5, 0.6) is 0 Å². The third kappa shape index (κ3) is 3.75. The number of anilines is 1. The number of nitrogens with zero attached hydrogens (tertiary/aromatic N) is 4. The summed E-state index contributed by atoms with van der Waals surface area (Å²) in [6.07, 6.45) is 9.60. The molecule has 2 aromatic heterocycles. The summed E-state index contributed by atoms with van der Waals surface area (Å²) in [6, 6.07) is 2.05. The van der Waals surface area contributed by atoms with Crippen molar-refractivity contribution < 1.29 is 8.42 Å². The number of sulfonamides is 1. The van der Waals surface area contributed by atoms with Gasteiger partial charge in [-0.25, -0.2) is 23.1 Å². The molecule has 0 radical (unpaired) electrons. The zero-order valence-corrected chi connectivity index (χ0v) is 13.5. The highest BCUT2D eigenvalue weighted by molar-refractivity contribution is 7.88. The maximum atomic E-state index is 11.1. The Morgan fingerprint density at radius 1 is 1.32 bits per heavy atom. The Morgan fingerprint density at radius 3 is 2.82 bits per heavy atom. The number of hydrogen-bond acceptors (Lipinski definition) is 5. The van der Waals surface area contributed by atoms with Crippen molar-refractivity contribution in [1.29, 1.82) is 0 Å². The Morgan fingerprint density at radius 2 is 2.09 bits per heavy atom. The molecule has 0 amide bonds. The number of fused-ring (bicyclic) bond motifs is 1. The van der Waals surface area contributed by atoms with Gasteiger partial charge < -0.3 is 4.90 Å². The normalized spacial score (nSPS) is 17.2. The fourth-order valence-electron chi connectivity index (χ4n) is 2.89. The Bertz CT molecular complexity index is 735. The topological polar surface area (TPSA) is 79.6 Å². The van der Waals surface area contributed by atoms with Crippen molar-refractivity contribution in [2.75, 3.05) is 30.8 Å². The monoisotopic (exact) mass is 323 g/mol. The lowest BCUT2D eigenvalue weighted by Crippen LogP contribution is -2.35. The van der Waals surface area contributed by atoms with E-state index in [1.807, 2.05) is 10.6 Å². The fraction of sp³-hybridized carbons (Fsp3) is 0.571. The molecule has 0 spiro atoms. The molecule has 120 valence electrons. The number of rotatable bonds is 5. The van der Waals surface area contributed by atoms with Gasteiger partial charge in [-0.2, -0.15) is 0 Å². The summed E-state index contributed by atoms with van der Waals surface area (Å²) in [5.41, 5.74) is 1.05. The lowest BCUT2D eigenvalue weighted by Gasteiger charge is -2.32. The molecule has 2 aromatic rings. The summed E-state index contributed by atoms with van der Waals surface area (Å²) in [5, 5.41) is 0. The molecule has 0 bridgehead atoms. The van der Waals surface area contributed by atoms with Gasteiger partial charge in [-0.05, 0) is 25.2 Å². The molecule has 8 heteroatoms. The zero-order valence-electron chi connectivity index (χ0n) is 12.6. The fourth-order valence-corrected chi connectivity index (χ4v) is 3.37. The molecule has 0 atom stereocenters. The smallest absolute Gasteiger partial charge is 0.208 e. The lowest BCUT2D eigenvalue weighted by molar-refractivity contribution is 0.380. The number of imidazole rings is 1. The molecule has 0 aliphatic carbocycles. The van der Waals surface area contributed by atoms with Crippen LogP contribution in [-0.2, 0) is 10.0 Å². The first-order valence-electron chi connectivity index (χ1n) is 7.48. The molecule has 0 unspecified atom stereocenters. The van der Waals surface area contributed by atoms with E-state index in [4.69, 9.17) is 0 Å². The first-order chi connectivity index (χ1) is 10.5. The Balaban J connectivity index is 1.53. The molecule has 7 nitrogen and oxygen atoms in total. The maximum absolute atomic E-state index is 11.1. The summed E-state index contributed by atoms with van der Waals surface area (Å²) >= 11 is 0. The maximum Gasteiger partial charge on any atom is 0.208 e. The Hall–Kier alpha value is -1.67. The average Bonchev–Trinajstić information content (AvgIpc) is 2.94. The van der Waals surface area contributed by atoms with Crippen LogP contribution in [0.4, 0.5) is 5.82 Å². The third-order valence-corrected chi connectivity index (χ3v) is 4.87. The first kappa shape index (κ1) is 15.2. The molecular weight excluding hydrogens is 302 g/mol. The van der Waals surface area contributed by atoms with E-state index < -0.39 is 10.0 Å². The van der Waals surface area contributed by atoms with Crippen LogP contribution in [0.1, 0.15) is 19.3 Å². The highest BCUT2D eigenvalue weighted by Crippen LogP contribution is 2.24. The van der Waals surface area contributed by atoms with E-state index >= 15 is 0 Å². The van der Waals surface area contributed by atoms with Crippen LogP contribution >= 0.6 is 0 Å². The molecule has 0 aromatic carbocycles. The highest BCUT2D eigenvalue weighted by atomic mass is 32.2. The van der Waals surface area contributed by atoms with Gasteiger partial charge >= 0.3 is 0 Å². The van der Waals surface area contributed by atoms with Crippen LogP contribution in [0.3, 0.4) is 0 Å². The quantitative estimate of drug-likeness (QED) is 0.884. The number of piperidine rings is 1. The van der Waals surface area contributed by atoms with Crippen LogP contribution in [-0.4, -0.2) is 48.7 Å². The number of aromatic nitrogens is 3. The SMILES string of the molecule is CS(=O)(=O)NCCC1CCN(c2cc3cncn3cn2)CC1. The second-order valence-corrected chi connectivity index (χ2v) is 7.69. The summed E-state index contributed by atoms with van der Waals surface area (Å²) in [5.74, 6) is 1.56. The van der Waals surface area contributed by atoms with Gasteiger partial charge in [0.15, 0.2) is 0 Å². The van der Waals surface area contributed by atoms with Gasteiger partial charge in [-0.3, -0.25) is 4.40 Å². The number of nitrogens with one attached hydrogen (secondary N) is 1. The van der Waals surface area contributed by atoms with Crippen molar-refractivity contribution in [1.82, 2.24) is 19.1 Å². The molecule has 3 rings (SSSR count). The average molecular weight is 323 g/mol. The van der Waals surface area contributed by atoms with E-state index in [0.29, 0.717) is 12.5 Å². The standard InChI is InChI=1S/C14H21N5O2S/c1-22(20,21)17-5-2-12-3-6-18(7-4-12)14-8-13-9-15-10-19(13)11-16-14/h8-12,17H,2-7H2,1H3. The highest BCUT2D eigenvalue weighted by Gasteiger charge is 2.20. The van der Waals surface area contributed by atoms with Gasteiger partial charge in [0, 0.05) is 25.7 Å². The molecule has 1 fully saturated rings. The van der Waals surface area contributed by atoms with Gasteiger partial charge in [0.1, 0.15) is 18.5 Å². The van der Waals surface area contributed by atoms with E-state index in [-0.39, 0.29) is 0 Å². The van der Waals surface area contributed by atoms with E-state index in [1.54, 1.807) is 12.7 Å². The molecule has 0 saturated carbocycles. The summed E-state index contributed by atoms with van der Waals surface area (Å²) in [7, 11) is -3.07. The van der Waals surface area contributed by atoms with Crippen LogP contribution in [0.15, 0.2) is 24.9 Å². The minimum absolute atomic E-state index is 0.531. The van der Waals surface area contributed by atoms with Crippen molar-refractivity contribution in [3.8, 4) is 0 Å².